The van der Waals surface area contributed by atoms with Gasteiger partial charge in [0.1, 0.15) is 0 Å². The maximum absolute atomic E-state index is 10.4. The van der Waals surface area contributed by atoms with E-state index < -0.39 is 6.10 Å². The second-order valence-corrected chi connectivity index (χ2v) is 3.21. The lowest BCUT2D eigenvalue weighted by molar-refractivity contribution is -0.109. The fourth-order valence-electron chi connectivity index (χ4n) is 0.508. The second kappa shape index (κ2) is 5.70. The van der Waals surface area contributed by atoms with Crippen molar-refractivity contribution in [2.45, 2.75) is 13.0 Å². The molecule has 0 aliphatic rings. The number of nitrogens with one attached hydrogen (secondary N) is 1. The lowest BCUT2D eigenvalue weighted by Gasteiger charge is -2.06. The summed E-state index contributed by atoms with van der Waals surface area (Å²) in [4.78, 5) is 10.4. The van der Waals surface area contributed by atoms with Gasteiger partial charge >= 0.3 is 0 Å². The molecule has 60 valence electrons. The molecule has 0 aromatic rings. The van der Waals surface area contributed by atoms with Gasteiger partial charge in [-0.3, -0.25) is 4.79 Å². The molecule has 0 saturated heterocycles. The first-order valence-corrected chi connectivity index (χ1v) is 4.11. The van der Waals surface area contributed by atoms with E-state index in [0.29, 0.717) is 12.3 Å². The lowest BCUT2D eigenvalue weighted by Crippen LogP contribution is -2.25. The molecule has 1 atom stereocenters. The Balaban J connectivity index is 3.21. The lowest BCUT2D eigenvalue weighted by atomic mass is 10.4. The van der Waals surface area contributed by atoms with Crippen LogP contribution in [0.25, 0.3) is 0 Å². The van der Waals surface area contributed by atoms with Crippen LogP contribution in [0.5, 0.6) is 0 Å². The van der Waals surface area contributed by atoms with Crippen molar-refractivity contribution >= 4 is 16.9 Å². The Morgan fingerprint density at radius 1 is 1.80 bits per heavy atom. The molecule has 3 nitrogen and oxygen atoms in total. The van der Waals surface area contributed by atoms with Crippen molar-refractivity contribution in [2.24, 2.45) is 0 Å². The molecule has 0 heterocycles. The molecule has 0 rings (SSSR count). The van der Waals surface area contributed by atoms with Crippen LogP contribution in [0, 0.1) is 0 Å². The van der Waals surface area contributed by atoms with Crippen LogP contribution in [0.2, 0.25) is 0 Å². The molecule has 0 aromatic carbocycles. The molecule has 0 amide bonds. The van der Waals surface area contributed by atoms with Crippen LogP contribution in [0.3, 0.4) is 0 Å². The summed E-state index contributed by atoms with van der Waals surface area (Å²) in [5.74, 6) is 0.482. The average Bonchev–Trinajstić information content (AvgIpc) is 1.85. The van der Waals surface area contributed by atoms with Crippen molar-refractivity contribution in [2.75, 3.05) is 19.3 Å². The van der Waals surface area contributed by atoms with Crippen molar-refractivity contribution < 1.29 is 9.90 Å². The van der Waals surface area contributed by atoms with Crippen molar-refractivity contribution in [1.29, 1.82) is 0 Å². The van der Waals surface area contributed by atoms with E-state index in [0.717, 1.165) is 11.8 Å². The number of hydrogen-bond donors (Lipinski definition) is 2. The van der Waals surface area contributed by atoms with Crippen LogP contribution in [0.4, 0.5) is 0 Å². The van der Waals surface area contributed by atoms with Gasteiger partial charge in [-0.15, -0.1) is 0 Å². The highest BCUT2D eigenvalue weighted by Gasteiger charge is 2.03. The summed E-state index contributed by atoms with van der Waals surface area (Å²) < 4.78 is 0. The fourth-order valence-corrected chi connectivity index (χ4v) is 1.05. The molecule has 0 fully saturated rings. The number of aliphatic hydroxyl groups excluding tert-OH is 1. The summed E-state index contributed by atoms with van der Waals surface area (Å²) in [5, 5.41) is 11.9. The maximum atomic E-state index is 10.4. The first kappa shape index (κ1) is 9.94. The third-order valence-electron chi connectivity index (χ3n) is 0.919. The quantitative estimate of drug-likeness (QED) is 0.605. The number of thioether (sulfide) groups is 1. The normalized spacial score (nSPS) is 13.1. The van der Waals surface area contributed by atoms with Crippen LogP contribution >= 0.6 is 11.8 Å². The molecular weight excluding hydrogens is 150 g/mol. The van der Waals surface area contributed by atoms with Crippen molar-refractivity contribution in [3.63, 3.8) is 0 Å². The molecule has 1 unspecified atom stereocenters. The average molecular weight is 163 g/mol. The van der Waals surface area contributed by atoms with Gasteiger partial charge in [0.15, 0.2) is 5.12 Å². The standard InChI is InChI=1S/C6H13NO2S/c1-5(8)10-4-6(9)3-7-2/h6-7,9H,3-4H2,1-2H3. The van der Waals surface area contributed by atoms with Crippen LogP contribution in [-0.4, -0.2) is 35.7 Å². The molecule has 4 heteroatoms. The summed E-state index contributed by atoms with van der Waals surface area (Å²) in [6, 6.07) is 0. The predicted molar refractivity (Wildman–Crippen MR) is 43.1 cm³/mol. The van der Waals surface area contributed by atoms with E-state index >= 15 is 0 Å². The Labute approximate surface area is 65.2 Å². The van der Waals surface area contributed by atoms with Gasteiger partial charge in [-0.1, -0.05) is 11.8 Å². The van der Waals surface area contributed by atoms with Gasteiger partial charge in [0.25, 0.3) is 0 Å². The number of aliphatic hydroxyl groups is 1. The zero-order valence-corrected chi connectivity index (χ0v) is 7.07. The first-order valence-electron chi connectivity index (χ1n) is 3.13. The maximum Gasteiger partial charge on any atom is 0.185 e. The highest BCUT2D eigenvalue weighted by atomic mass is 32.2. The topological polar surface area (TPSA) is 49.3 Å². The molecule has 0 bridgehead atoms. The molecule has 0 saturated carbocycles. The third kappa shape index (κ3) is 6.07. The van der Waals surface area contributed by atoms with Gasteiger partial charge in [0, 0.05) is 19.2 Å². The molecule has 2 N–H and O–H groups in total. The zero-order valence-electron chi connectivity index (χ0n) is 6.26. The highest BCUT2D eigenvalue weighted by Crippen LogP contribution is 2.02. The largest absolute Gasteiger partial charge is 0.391 e. The van der Waals surface area contributed by atoms with Gasteiger partial charge in [0.05, 0.1) is 6.10 Å². The predicted octanol–water partition coefficient (Wildman–Crippen LogP) is -0.154. The van der Waals surface area contributed by atoms with E-state index in [4.69, 9.17) is 5.11 Å². The van der Waals surface area contributed by atoms with Crippen LogP contribution in [0.15, 0.2) is 0 Å². The Hall–Kier alpha value is -0.0600. The number of likely N-dealkylation sites (N-methyl/N-ethyl adjacent to an activating group) is 1. The Morgan fingerprint density at radius 3 is 2.80 bits per heavy atom. The van der Waals surface area contributed by atoms with Crippen LogP contribution < -0.4 is 5.32 Å². The van der Waals surface area contributed by atoms with Crippen molar-refractivity contribution in [3.05, 3.63) is 0 Å². The van der Waals surface area contributed by atoms with Crippen LogP contribution in [-0.2, 0) is 4.79 Å². The number of carbonyl (C=O) groups is 1. The Bertz CT molecular complexity index is 108. The number of hydrogen-bond acceptors (Lipinski definition) is 4. The summed E-state index contributed by atoms with van der Waals surface area (Å²) >= 11 is 1.15. The van der Waals surface area contributed by atoms with Gasteiger partial charge in [0.2, 0.25) is 0 Å². The Morgan fingerprint density at radius 2 is 2.40 bits per heavy atom. The van der Waals surface area contributed by atoms with E-state index in [-0.39, 0.29) is 5.12 Å². The monoisotopic (exact) mass is 163 g/mol. The number of carbonyl (C=O) groups excluding carboxylic acids is 1. The highest BCUT2D eigenvalue weighted by molar-refractivity contribution is 8.13. The van der Waals surface area contributed by atoms with Crippen LogP contribution in [0.1, 0.15) is 6.92 Å². The van der Waals surface area contributed by atoms with Crippen molar-refractivity contribution in [3.8, 4) is 0 Å². The minimum absolute atomic E-state index is 0.0511. The van der Waals surface area contributed by atoms with E-state index in [1.807, 2.05) is 0 Å². The molecule has 0 spiro atoms. The van der Waals surface area contributed by atoms with Gasteiger partial charge in [-0.25, -0.2) is 0 Å². The number of rotatable bonds is 4. The summed E-state index contributed by atoms with van der Waals surface area (Å²) in [7, 11) is 1.77. The smallest absolute Gasteiger partial charge is 0.185 e. The molecule has 0 radical (unpaired) electrons. The third-order valence-corrected chi connectivity index (χ3v) is 1.88. The minimum Gasteiger partial charge on any atom is -0.391 e. The summed E-state index contributed by atoms with van der Waals surface area (Å²) in [5.41, 5.74) is 0. The summed E-state index contributed by atoms with van der Waals surface area (Å²) in [6.07, 6.45) is -0.418. The molecule has 10 heavy (non-hydrogen) atoms. The molecular formula is C6H13NO2S. The van der Waals surface area contributed by atoms with Gasteiger partial charge < -0.3 is 10.4 Å². The van der Waals surface area contributed by atoms with Gasteiger partial charge in [-0.2, -0.15) is 0 Å². The first-order chi connectivity index (χ1) is 4.66. The second-order valence-electron chi connectivity index (χ2n) is 2.01. The van der Waals surface area contributed by atoms with E-state index in [2.05, 4.69) is 5.32 Å². The molecule has 0 aliphatic carbocycles. The molecule has 0 aromatic heterocycles. The summed E-state index contributed by atoms with van der Waals surface area (Å²) in [6.45, 7) is 2.04. The Kier molecular flexibility index (Phi) is 5.67. The van der Waals surface area contributed by atoms with E-state index in [9.17, 15) is 4.79 Å². The fraction of sp³-hybridized carbons (Fsp3) is 0.833. The molecule has 0 aliphatic heterocycles. The van der Waals surface area contributed by atoms with E-state index in [1.165, 1.54) is 6.92 Å². The van der Waals surface area contributed by atoms with Gasteiger partial charge in [-0.05, 0) is 7.05 Å². The minimum atomic E-state index is -0.418. The SMILES string of the molecule is CNCC(O)CSC(C)=O. The zero-order chi connectivity index (χ0) is 7.98. The van der Waals surface area contributed by atoms with E-state index in [1.54, 1.807) is 7.05 Å². The van der Waals surface area contributed by atoms with Crippen molar-refractivity contribution in [1.82, 2.24) is 5.32 Å².